The van der Waals surface area contributed by atoms with E-state index in [1.165, 1.54) is 12.5 Å². The van der Waals surface area contributed by atoms with Crippen LogP contribution >= 0.6 is 0 Å². The molecule has 0 N–H and O–H groups in total. The van der Waals surface area contributed by atoms with Gasteiger partial charge in [-0.25, -0.2) is 0 Å². The first-order chi connectivity index (χ1) is 7.11. The first-order valence-corrected chi connectivity index (χ1v) is 9.20. The molecule has 2 fully saturated rings. The molecule has 1 unspecified atom stereocenters. The lowest BCUT2D eigenvalue weighted by molar-refractivity contribution is -0.147. The maximum Gasteiger partial charge on any atom is 0.322 e. The van der Waals surface area contributed by atoms with Gasteiger partial charge in [-0.1, -0.05) is 13.1 Å². The Morgan fingerprint density at radius 1 is 1.33 bits per heavy atom. The monoisotopic (exact) mass is 227 g/mol. The van der Waals surface area contributed by atoms with Gasteiger partial charge in [-0.05, 0) is 38.3 Å². The molecule has 0 saturated carbocycles. The minimum atomic E-state index is -1.29. The molecular weight excluding hydrogens is 206 g/mol. The highest BCUT2D eigenvalue weighted by molar-refractivity contribution is 6.75. The van der Waals surface area contributed by atoms with Crippen LogP contribution in [0.1, 0.15) is 25.7 Å². The third kappa shape index (κ3) is 2.26. The minimum absolute atomic E-state index is 0.0370. The van der Waals surface area contributed by atoms with E-state index in [1.54, 1.807) is 0 Å². The van der Waals surface area contributed by atoms with Crippen molar-refractivity contribution < 1.29 is 9.53 Å². The number of hydrogen-bond acceptors (Lipinski definition) is 3. The van der Waals surface area contributed by atoms with Crippen molar-refractivity contribution in [2.45, 2.75) is 50.9 Å². The first kappa shape index (κ1) is 11.1. The zero-order chi connectivity index (χ0) is 10.9. The zero-order valence-electron chi connectivity index (χ0n) is 9.79. The zero-order valence-corrected chi connectivity index (χ0v) is 10.8. The van der Waals surface area contributed by atoms with E-state index in [-0.39, 0.29) is 12.0 Å². The van der Waals surface area contributed by atoms with E-state index in [2.05, 4.69) is 17.7 Å². The van der Waals surface area contributed by atoms with Crippen molar-refractivity contribution >= 4 is 14.2 Å². The fourth-order valence-corrected chi connectivity index (χ4v) is 5.97. The molecule has 0 aromatic heterocycles. The molecule has 2 aliphatic rings. The molecule has 0 bridgehead atoms. The fourth-order valence-electron chi connectivity index (χ4n) is 2.82. The van der Waals surface area contributed by atoms with Gasteiger partial charge in [0.05, 0.1) is 6.61 Å². The molecule has 4 heteroatoms. The number of carbonyl (C=O) groups excluding carboxylic acids is 1. The average molecular weight is 227 g/mol. The molecular formula is C11H21NO2Si. The molecule has 86 valence electrons. The fraction of sp³-hybridized carbons (Fsp3) is 0.909. The van der Waals surface area contributed by atoms with Crippen molar-refractivity contribution in [3.8, 4) is 0 Å². The largest absolute Gasteiger partial charge is 0.465 e. The van der Waals surface area contributed by atoms with Crippen molar-refractivity contribution in [2.24, 2.45) is 0 Å². The molecule has 0 radical (unpaired) electrons. The van der Waals surface area contributed by atoms with Crippen LogP contribution in [0.5, 0.6) is 0 Å². The van der Waals surface area contributed by atoms with E-state index in [0.717, 1.165) is 25.8 Å². The highest BCUT2D eigenvalue weighted by atomic mass is 28.3. The average Bonchev–Trinajstić information content (AvgIpc) is 2.39. The summed E-state index contributed by atoms with van der Waals surface area (Å²) in [4.78, 5) is 11.8. The van der Waals surface area contributed by atoms with Crippen LogP contribution in [0.2, 0.25) is 19.1 Å². The molecule has 0 aromatic carbocycles. The van der Waals surface area contributed by atoms with Crippen LogP contribution in [0, 0.1) is 0 Å². The van der Waals surface area contributed by atoms with Crippen LogP contribution in [0.4, 0.5) is 0 Å². The van der Waals surface area contributed by atoms with E-state index in [0.29, 0.717) is 6.61 Å². The van der Waals surface area contributed by atoms with E-state index < -0.39 is 8.24 Å². The Hall–Kier alpha value is -0.353. The van der Waals surface area contributed by atoms with E-state index in [4.69, 9.17) is 4.74 Å². The van der Waals surface area contributed by atoms with Gasteiger partial charge < -0.3 is 9.30 Å². The number of rotatable bonds is 1. The Kier molecular flexibility index (Phi) is 3.16. The van der Waals surface area contributed by atoms with Gasteiger partial charge in [-0.2, -0.15) is 0 Å². The standard InChI is InChI=1S/C11H21NO2Si/c1-15(2)9-5-7-12(15)10-6-3-4-8-14-11(10)13/h10H,3-9H2,1-2H3. The molecule has 3 nitrogen and oxygen atoms in total. The summed E-state index contributed by atoms with van der Waals surface area (Å²) < 4.78 is 7.75. The summed E-state index contributed by atoms with van der Waals surface area (Å²) in [5.74, 6) is 0.0370. The van der Waals surface area contributed by atoms with Crippen LogP contribution < -0.4 is 0 Å². The normalized spacial score (nSPS) is 32.4. The first-order valence-electron chi connectivity index (χ1n) is 6.05. The summed E-state index contributed by atoms with van der Waals surface area (Å²) in [5, 5.41) is 0. The lowest BCUT2D eigenvalue weighted by Gasteiger charge is -2.35. The van der Waals surface area contributed by atoms with Gasteiger partial charge >= 0.3 is 5.97 Å². The molecule has 0 amide bonds. The Labute approximate surface area is 92.9 Å². The number of nitrogens with zero attached hydrogens (tertiary/aromatic N) is 1. The van der Waals surface area contributed by atoms with E-state index >= 15 is 0 Å². The van der Waals surface area contributed by atoms with Gasteiger partial charge in [-0.3, -0.25) is 4.79 Å². The van der Waals surface area contributed by atoms with Gasteiger partial charge in [-0.15, -0.1) is 0 Å². The molecule has 2 aliphatic heterocycles. The number of cyclic esters (lactones) is 1. The Bertz CT molecular complexity index is 255. The molecule has 2 saturated heterocycles. The van der Waals surface area contributed by atoms with Crippen LogP contribution in [0.25, 0.3) is 0 Å². The minimum Gasteiger partial charge on any atom is -0.465 e. The van der Waals surface area contributed by atoms with Gasteiger partial charge in [0.15, 0.2) is 0 Å². The Morgan fingerprint density at radius 3 is 2.80 bits per heavy atom. The van der Waals surface area contributed by atoms with Crippen LogP contribution in [-0.4, -0.2) is 38.0 Å². The quantitative estimate of drug-likeness (QED) is 0.507. The van der Waals surface area contributed by atoms with E-state index in [1.807, 2.05) is 0 Å². The van der Waals surface area contributed by atoms with Crippen LogP contribution in [0.3, 0.4) is 0 Å². The second kappa shape index (κ2) is 4.26. The summed E-state index contributed by atoms with van der Waals surface area (Å²) in [6.07, 6.45) is 4.45. The highest BCUT2D eigenvalue weighted by Crippen LogP contribution is 2.30. The molecule has 0 spiro atoms. The molecule has 0 aromatic rings. The smallest absolute Gasteiger partial charge is 0.322 e. The predicted molar refractivity (Wildman–Crippen MR) is 62.2 cm³/mol. The van der Waals surface area contributed by atoms with Crippen LogP contribution in [0.15, 0.2) is 0 Å². The number of esters is 1. The SMILES string of the molecule is C[Si]1(C)CCCN1C1CCCCOC1=O. The highest BCUT2D eigenvalue weighted by Gasteiger charge is 2.42. The maximum atomic E-state index is 11.8. The summed E-state index contributed by atoms with van der Waals surface area (Å²) in [7, 11) is -1.29. The van der Waals surface area contributed by atoms with Crippen molar-refractivity contribution in [1.82, 2.24) is 4.57 Å². The van der Waals surface area contributed by atoms with Crippen LogP contribution in [-0.2, 0) is 9.53 Å². The number of hydrogen-bond donors (Lipinski definition) is 0. The van der Waals surface area contributed by atoms with Gasteiger partial charge in [0, 0.05) is 0 Å². The molecule has 1 atom stereocenters. The summed E-state index contributed by atoms with van der Waals surface area (Å²) in [6.45, 7) is 6.49. The number of ether oxygens (including phenoxy) is 1. The van der Waals surface area contributed by atoms with Gasteiger partial charge in [0.2, 0.25) is 0 Å². The maximum absolute atomic E-state index is 11.8. The summed E-state index contributed by atoms with van der Waals surface area (Å²) >= 11 is 0. The van der Waals surface area contributed by atoms with Gasteiger partial charge in [0.1, 0.15) is 14.3 Å². The molecule has 0 aliphatic carbocycles. The molecule has 2 rings (SSSR count). The van der Waals surface area contributed by atoms with E-state index in [9.17, 15) is 4.79 Å². The molecule has 2 heterocycles. The molecule has 15 heavy (non-hydrogen) atoms. The lowest BCUT2D eigenvalue weighted by Crippen LogP contribution is -2.52. The number of carbonyl (C=O) groups is 1. The second-order valence-corrected chi connectivity index (χ2v) is 9.99. The lowest BCUT2D eigenvalue weighted by atomic mass is 10.1. The third-order valence-corrected chi connectivity index (χ3v) is 7.40. The van der Waals surface area contributed by atoms with Gasteiger partial charge in [0.25, 0.3) is 0 Å². The van der Waals surface area contributed by atoms with Crippen molar-refractivity contribution in [3.05, 3.63) is 0 Å². The third-order valence-electron chi connectivity index (χ3n) is 3.73. The van der Waals surface area contributed by atoms with Crippen molar-refractivity contribution in [2.75, 3.05) is 13.2 Å². The topological polar surface area (TPSA) is 29.5 Å². The predicted octanol–water partition coefficient (Wildman–Crippen LogP) is 1.99. The van der Waals surface area contributed by atoms with Crippen molar-refractivity contribution in [1.29, 1.82) is 0 Å². The second-order valence-electron chi connectivity index (χ2n) is 5.29. The van der Waals surface area contributed by atoms with Crippen molar-refractivity contribution in [3.63, 3.8) is 0 Å². The summed E-state index contributed by atoms with van der Waals surface area (Å²) in [6, 6.07) is 1.41. The Morgan fingerprint density at radius 2 is 2.13 bits per heavy atom. The Balaban J connectivity index is 2.10. The summed E-state index contributed by atoms with van der Waals surface area (Å²) in [5.41, 5.74) is 0.